The maximum absolute atomic E-state index is 12.8. The lowest BCUT2D eigenvalue weighted by atomic mass is 10.0. The molecule has 0 aromatic heterocycles. The first kappa shape index (κ1) is 26.7. The number of amides is 3. The fraction of sp³-hybridized carbons (Fsp3) is 0.423. The lowest BCUT2D eigenvalue weighted by Gasteiger charge is -2.32. The molecule has 184 valence electrons. The van der Waals surface area contributed by atoms with E-state index in [-0.39, 0.29) is 18.6 Å². The molecule has 0 bridgehead atoms. The number of hydrogen-bond donors (Lipinski definition) is 2. The molecule has 8 nitrogen and oxygen atoms in total. The number of ether oxygens (including phenoxy) is 2. The van der Waals surface area contributed by atoms with E-state index in [2.05, 4.69) is 17.2 Å². The van der Waals surface area contributed by atoms with Crippen LogP contribution in [0.1, 0.15) is 50.9 Å². The predicted molar refractivity (Wildman–Crippen MR) is 133 cm³/mol. The lowest BCUT2D eigenvalue weighted by molar-refractivity contribution is 0.0634. The summed E-state index contributed by atoms with van der Waals surface area (Å²) in [7, 11) is 0. The van der Waals surface area contributed by atoms with Crippen molar-refractivity contribution in [1.82, 2.24) is 10.2 Å². The summed E-state index contributed by atoms with van der Waals surface area (Å²) >= 11 is 0. The van der Waals surface area contributed by atoms with E-state index in [1.54, 1.807) is 56.0 Å². The van der Waals surface area contributed by atoms with E-state index >= 15 is 0 Å². The second-order valence-electron chi connectivity index (χ2n) is 8.96. The van der Waals surface area contributed by atoms with Gasteiger partial charge in [0.2, 0.25) is 0 Å². The molecule has 1 aromatic carbocycles. The van der Waals surface area contributed by atoms with Crippen LogP contribution in [0.25, 0.3) is 0 Å². The molecule has 1 heterocycles. The van der Waals surface area contributed by atoms with Gasteiger partial charge >= 0.3 is 12.2 Å². The third kappa shape index (κ3) is 9.13. The third-order valence-electron chi connectivity index (χ3n) is 5.02. The Balaban J connectivity index is 1.79. The number of anilines is 1. The van der Waals surface area contributed by atoms with Gasteiger partial charge in [-0.3, -0.25) is 10.1 Å². The number of allylic oxidation sites excluding steroid dienone is 3. The summed E-state index contributed by atoms with van der Waals surface area (Å²) in [4.78, 5) is 38.6. The molecule has 1 aliphatic rings. The molecule has 0 aliphatic carbocycles. The first-order chi connectivity index (χ1) is 16.1. The Labute approximate surface area is 201 Å². The number of carbonyl (C=O) groups excluding carboxylic acids is 3. The fourth-order valence-corrected chi connectivity index (χ4v) is 3.28. The Morgan fingerprint density at radius 2 is 1.76 bits per heavy atom. The van der Waals surface area contributed by atoms with Crippen LogP contribution in [-0.2, 0) is 9.47 Å². The molecular formula is C26H35N3O5. The number of piperidine rings is 1. The number of alkyl carbamates (subject to hydrolysis) is 1. The summed E-state index contributed by atoms with van der Waals surface area (Å²) in [5, 5.41) is 5.51. The molecule has 34 heavy (non-hydrogen) atoms. The molecule has 1 saturated heterocycles. The highest BCUT2D eigenvalue weighted by Gasteiger charge is 2.25. The predicted octanol–water partition coefficient (Wildman–Crippen LogP) is 5.05. The van der Waals surface area contributed by atoms with E-state index in [0.717, 1.165) is 5.57 Å². The highest BCUT2D eigenvalue weighted by Crippen LogP contribution is 2.17. The molecule has 0 spiro atoms. The van der Waals surface area contributed by atoms with Crippen LogP contribution in [0.15, 0.2) is 60.7 Å². The Kier molecular flexibility index (Phi) is 9.92. The standard InChI is InChI=1S/C26H35N3O5/c1-6-8-9-19(7-2)18-33-24(31)27-22-14-16-29(17-15-22)23(30)20-10-12-21(13-11-20)28-25(32)34-26(3,4)5/h6-13,22H,2,14-18H2,1,3-5H3,(H,27,31)(H,28,32)/b8-6-,19-9+. The average molecular weight is 470 g/mol. The lowest BCUT2D eigenvalue weighted by Crippen LogP contribution is -2.46. The molecule has 2 rings (SSSR count). The molecule has 3 amide bonds. The van der Waals surface area contributed by atoms with Crippen LogP contribution in [0.5, 0.6) is 0 Å². The van der Waals surface area contributed by atoms with E-state index in [9.17, 15) is 14.4 Å². The second kappa shape index (κ2) is 12.6. The Bertz CT molecular complexity index is 921. The Morgan fingerprint density at radius 1 is 1.12 bits per heavy atom. The first-order valence-electron chi connectivity index (χ1n) is 11.4. The van der Waals surface area contributed by atoms with Crippen LogP contribution < -0.4 is 10.6 Å². The topological polar surface area (TPSA) is 97.0 Å². The van der Waals surface area contributed by atoms with Gasteiger partial charge in [-0.2, -0.15) is 0 Å². The minimum absolute atomic E-state index is 0.0522. The normalized spacial score (nSPS) is 15.1. The van der Waals surface area contributed by atoms with Crippen LogP contribution in [-0.4, -0.2) is 54.3 Å². The van der Waals surface area contributed by atoms with Gasteiger partial charge < -0.3 is 19.7 Å². The zero-order valence-corrected chi connectivity index (χ0v) is 20.4. The van der Waals surface area contributed by atoms with Gasteiger partial charge in [-0.15, -0.1) is 0 Å². The molecule has 8 heteroatoms. The van der Waals surface area contributed by atoms with E-state index in [1.807, 2.05) is 25.2 Å². The maximum atomic E-state index is 12.8. The van der Waals surface area contributed by atoms with E-state index in [4.69, 9.17) is 9.47 Å². The van der Waals surface area contributed by atoms with Gasteiger partial charge in [-0.05, 0) is 70.4 Å². The van der Waals surface area contributed by atoms with E-state index < -0.39 is 17.8 Å². The number of likely N-dealkylation sites (tertiary alicyclic amines) is 1. The average Bonchev–Trinajstić information content (AvgIpc) is 2.78. The fourth-order valence-electron chi connectivity index (χ4n) is 3.28. The third-order valence-corrected chi connectivity index (χ3v) is 5.02. The molecule has 0 radical (unpaired) electrons. The minimum atomic E-state index is -0.588. The molecule has 1 aliphatic heterocycles. The largest absolute Gasteiger partial charge is 0.445 e. The highest BCUT2D eigenvalue weighted by atomic mass is 16.6. The number of nitrogens with zero attached hydrogens (tertiary/aromatic N) is 1. The van der Waals surface area contributed by atoms with Crippen molar-refractivity contribution >= 4 is 23.8 Å². The van der Waals surface area contributed by atoms with Crippen molar-refractivity contribution in [2.24, 2.45) is 0 Å². The van der Waals surface area contributed by atoms with Crippen LogP contribution >= 0.6 is 0 Å². The summed E-state index contributed by atoms with van der Waals surface area (Å²) < 4.78 is 10.5. The molecule has 1 fully saturated rings. The Hall–Kier alpha value is -3.55. The first-order valence-corrected chi connectivity index (χ1v) is 11.4. The SMILES string of the molecule is C=C/C(=C\C=C/C)COC(=O)NC1CCN(C(=O)c2ccc(NC(=O)OC(C)(C)C)cc2)CC1. The van der Waals surface area contributed by atoms with Crippen molar-refractivity contribution in [2.45, 2.75) is 52.2 Å². The molecule has 0 saturated carbocycles. The van der Waals surface area contributed by atoms with Gasteiger partial charge in [-0.1, -0.05) is 30.9 Å². The number of nitrogens with one attached hydrogen (secondary N) is 2. The van der Waals surface area contributed by atoms with Crippen molar-refractivity contribution in [3.8, 4) is 0 Å². The molecule has 0 atom stereocenters. The van der Waals surface area contributed by atoms with Crippen LogP contribution in [0, 0.1) is 0 Å². The monoisotopic (exact) mass is 469 g/mol. The van der Waals surface area contributed by atoms with Crippen LogP contribution in [0.3, 0.4) is 0 Å². The van der Waals surface area contributed by atoms with E-state index in [1.165, 1.54) is 0 Å². The summed E-state index contributed by atoms with van der Waals surface area (Å²) in [6.07, 6.45) is 7.48. The molecule has 1 aromatic rings. The smallest absolute Gasteiger partial charge is 0.412 e. The molecular weight excluding hydrogens is 434 g/mol. The van der Waals surface area contributed by atoms with Crippen molar-refractivity contribution in [3.05, 3.63) is 66.3 Å². The number of rotatable bonds is 7. The molecule has 0 unspecified atom stereocenters. The number of benzene rings is 1. The summed E-state index contributed by atoms with van der Waals surface area (Å²) in [5.74, 6) is -0.0883. The summed E-state index contributed by atoms with van der Waals surface area (Å²) in [6, 6.07) is 6.64. The quantitative estimate of drug-likeness (QED) is 0.545. The van der Waals surface area contributed by atoms with Gasteiger partial charge in [0.25, 0.3) is 5.91 Å². The maximum Gasteiger partial charge on any atom is 0.412 e. The van der Waals surface area contributed by atoms with Gasteiger partial charge in [0, 0.05) is 30.4 Å². The zero-order valence-electron chi connectivity index (χ0n) is 20.4. The second-order valence-corrected chi connectivity index (χ2v) is 8.96. The van der Waals surface area contributed by atoms with Crippen molar-refractivity contribution in [3.63, 3.8) is 0 Å². The van der Waals surface area contributed by atoms with Crippen molar-refractivity contribution in [2.75, 3.05) is 25.0 Å². The summed E-state index contributed by atoms with van der Waals surface area (Å²) in [6.45, 7) is 12.2. The van der Waals surface area contributed by atoms with Gasteiger partial charge in [0.1, 0.15) is 12.2 Å². The van der Waals surface area contributed by atoms with E-state index in [0.29, 0.717) is 37.2 Å². The molecule has 2 N–H and O–H groups in total. The van der Waals surface area contributed by atoms with Crippen molar-refractivity contribution in [1.29, 1.82) is 0 Å². The number of hydrogen-bond acceptors (Lipinski definition) is 5. The van der Waals surface area contributed by atoms with Gasteiger partial charge in [0.15, 0.2) is 0 Å². The Morgan fingerprint density at radius 3 is 2.32 bits per heavy atom. The zero-order chi connectivity index (χ0) is 25.1. The van der Waals surface area contributed by atoms with Crippen molar-refractivity contribution < 1.29 is 23.9 Å². The minimum Gasteiger partial charge on any atom is -0.445 e. The van der Waals surface area contributed by atoms with Crippen LogP contribution in [0.2, 0.25) is 0 Å². The summed E-state index contributed by atoms with van der Waals surface area (Å²) in [5.41, 5.74) is 1.30. The number of carbonyl (C=O) groups is 3. The van der Waals surface area contributed by atoms with Gasteiger partial charge in [-0.25, -0.2) is 9.59 Å². The van der Waals surface area contributed by atoms with Crippen LogP contribution in [0.4, 0.5) is 15.3 Å². The highest BCUT2D eigenvalue weighted by molar-refractivity contribution is 5.95. The van der Waals surface area contributed by atoms with Gasteiger partial charge in [0.05, 0.1) is 0 Å².